The molecule has 0 saturated carbocycles. The van der Waals surface area contributed by atoms with Gasteiger partial charge in [0.25, 0.3) is 0 Å². The molecule has 0 atom stereocenters. The first kappa shape index (κ1) is 10.8. The number of rotatable bonds is 2. The van der Waals surface area contributed by atoms with Crippen LogP contribution < -0.4 is 5.46 Å². The third-order valence-electron chi connectivity index (χ3n) is 3.51. The van der Waals surface area contributed by atoms with Gasteiger partial charge in [0.05, 0.1) is 22.4 Å². The van der Waals surface area contributed by atoms with Crippen molar-refractivity contribution in [3.8, 4) is 0 Å². The maximum atomic E-state index is 14.1. The van der Waals surface area contributed by atoms with Crippen LogP contribution in [0.4, 0.5) is 4.39 Å². The fourth-order valence-corrected chi connectivity index (χ4v) is 2.44. The molecule has 7 heteroatoms. The van der Waals surface area contributed by atoms with Crippen molar-refractivity contribution in [1.29, 1.82) is 0 Å². The van der Waals surface area contributed by atoms with Crippen molar-refractivity contribution in [3.63, 3.8) is 0 Å². The normalized spacial score (nSPS) is 23.6. The molecule has 0 amide bonds. The highest BCUT2D eigenvalue weighted by atomic mass is 32.1. The van der Waals surface area contributed by atoms with Gasteiger partial charge in [-0.25, -0.2) is 4.79 Å². The summed E-state index contributed by atoms with van der Waals surface area (Å²) in [5, 5.41) is -0.670. The number of carbonyl (C=O) groups excluding carboxylic acids is 1. The number of halogens is 1. The lowest BCUT2D eigenvalue weighted by molar-refractivity contribution is 0.00578. The Morgan fingerprint density at radius 3 is 2.53 bits per heavy atom. The summed E-state index contributed by atoms with van der Waals surface area (Å²) in [6.07, 6.45) is 0. The lowest BCUT2D eigenvalue weighted by atomic mass is 9.81. The standard InChI is InChI=1S/C12H16BFO4S/c1-11(2)12(3,4)18-13(17-11)7-6-8(10(15)16-5)19-9(7)14/h6H,1-5H3/i5D3. The first-order chi connectivity index (χ1) is 9.82. The fourth-order valence-electron chi connectivity index (χ4n) is 1.66. The SMILES string of the molecule is [2H]C([2H])([2H])OC(=O)c1cc(B2OC(C)(C)C(C)(C)O2)c(F)s1. The van der Waals surface area contributed by atoms with Crippen LogP contribution in [0.5, 0.6) is 0 Å². The highest BCUT2D eigenvalue weighted by Gasteiger charge is 2.52. The Morgan fingerprint density at radius 2 is 2.00 bits per heavy atom. The smallest absolute Gasteiger partial charge is 0.465 e. The van der Waals surface area contributed by atoms with Gasteiger partial charge >= 0.3 is 13.1 Å². The van der Waals surface area contributed by atoms with Crippen LogP contribution >= 0.6 is 11.3 Å². The van der Waals surface area contributed by atoms with Crippen LogP contribution in [0, 0.1) is 5.13 Å². The van der Waals surface area contributed by atoms with Crippen LogP contribution in [0.15, 0.2) is 6.07 Å². The van der Waals surface area contributed by atoms with Crippen molar-refractivity contribution in [2.45, 2.75) is 38.9 Å². The molecular formula is C12H16BFO4S. The summed E-state index contributed by atoms with van der Waals surface area (Å²) in [5.41, 5.74) is -1.24. The van der Waals surface area contributed by atoms with E-state index in [0.717, 1.165) is 0 Å². The highest BCUT2D eigenvalue weighted by molar-refractivity contribution is 7.13. The average Bonchev–Trinajstić information content (AvgIpc) is 2.75. The zero-order valence-electron chi connectivity index (χ0n) is 14.1. The molecule has 0 radical (unpaired) electrons. The van der Waals surface area contributed by atoms with Crippen molar-refractivity contribution >= 4 is 29.9 Å². The summed E-state index contributed by atoms with van der Waals surface area (Å²) >= 11 is 0.499. The van der Waals surface area contributed by atoms with Crippen molar-refractivity contribution in [3.05, 3.63) is 16.1 Å². The zero-order chi connectivity index (χ0) is 16.9. The van der Waals surface area contributed by atoms with Gasteiger partial charge in [0.1, 0.15) is 4.88 Å². The number of hydrogen-bond donors (Lipinski definition) is 0. The van der Waals surface area contributed by atoms with Crippen LogP contribution in [0.2, 0.25) is 0 Å². The van der Waals surface area contributed by atoms with Gasteiger partial charge in [-0.3, -0.25) is 0 Å². The topological polar surface area (TPSA) is 44.8 Å². The Bertz CT molecular complexity index is 584. The van der Waals surface area contributed by atoms with Crippen LogP contribution in [-0.4, -0.2) is 31.3 Å². The molecule has 2 heterocycles. The summed E-state index contributed by atoms with van der Waals surface area (Å²) in [6, 6.07) is 1.20. The van der Waals surface area contributed by atoms with E-state index in [-0.39, 0.29) is 10.3 Å². The minimum absolute atomic E-state index is 0.0566. The molecule has 0 bridgehead atoms. The fraction of sp³-hybridized carbons (Fsp3) is 0.583. The van der Waals surface area contributed by atoms with Crippen LogP contribution in [-0.2, 0) is 14.0 Å². The molecule has 1 saturated heterocycles. The van der Waals surface area contributed by atoms with E-state index in [9.17, 15) is 9.18 Å². The van der Waals surface area contributed by atoms with Crippen molar-refractivity contribution < 1.29 is 27.3 Å². The van der Waals surface area contributed by atoms with Crippen molar-refractivity contribution in [2.75, 3.05) is 7.04 Å². The summed E-state index contributed by atoms with van der Waals surface area (Å²) in [7, 11) is -3.84. The Labute approximate surface area is 120 Å². The minimum Gasteiger partial charge on any atom is -0.465 e. The van der Waals surface area contributed by atoms with Crippen LogP contribution in [0.1, 0.15) is 41.5 Å². The monoisotopic (exact) mass is 289 g/mol. The maximum absolute atomic E-state index is 14.1. The molecule has 4 nitrogen and oxygen atoms in total. The van der Waals surface area contributed by atoms with E-state index in [1.54, 1.807) is 0 Å². The summed E-state index contributed by atoms with van der Waals surface area (Å²) in [6.45, 7) is 7.28. The lowest BCUT2D eigenvalue weighted by Gasteiger charge is -2.32. The first-order valence-corrected chi connectivity index (χ1v) is 6.52. The Balaban J connectivity index is 2.23. The zero-order valence-corrected chi connectivity index (χ0v) is 11.9. The Morgan fingerprint density at radius 1 is 1.42 bits per heavy atom. The van der Waals surface area contributed by atoms with E-state index in [4.69, 9.17) is 13.4 Å². The lowest BCUT2D eigenvalue weighted by Crippen LogP contribution is -2.41. The van der Waals surface area contributed by atoms with E-state index >= 15 is 0 Å². The number of hydrogen-bond acceptors (Lipinski definition) is 5. The number of carbonyl (C=O) groups is 1. The number of thiophene rings is 1. The molecule has 0 aromatic carbocycles. The minimum atomic E-state index is -2.87. The highest BCUT2D eigenvalue weighted by Crippen LogP contribution is 2.37. The molecule has 1 aliphatic rings. The number of methoxy groups -OCH3 is 1. The summed E-state index contributed by atoms with van der Waals surface area (Å²) < 4.78 is 50.4. The largest absolute Gasteiger partial charge is 0.498 e. The predicted octanol–water partition coefficient (Wildman–Crippen LogP) is 1.97. The van der Waals surface area contributed by atoms with Gasteiger partial charge in [0, 0.05) is 5.46 Å². The summed E-state index contributed by atoms with van der Waals surface area (Å²) in [5.74, 6) is -1.10. The molecule has 19 heavy (non-hydrogen) atoms. The first-order valence-electron chi connectivity index (χ1n) is 7.21. The molecule has 1 aromatic rings. The van der Waals surface area contributed by atoms with E-state index in [1.165, 1.54) is 6.07 Å². The number of ether oxygens (including phenoxy) is 1. The molecular weight excluding hydrogens is 270 g/mol. The molecule has 1 aliphatic heterocycles. The third kappa shape index (κ3) is 2.42. The number of esters is 1. The maximum Gasteiger partial charge on any atom is 0.498 e. The molecule has 0 N–H and O–H groups in total. The van der Waals surface area contributed by atoms with Gasteiger partial charge in [-0.1, -0.05) is 11.3 Å². The molecule has 0 spiro atoms. The van der Waals surface area contributed by atoms with Gasteiger partial charge in [-0.15, -0.1) is 0 Å². The third-order valence-corrected chi connectivity index (χ3v) is 4.43. The second kappa shape index (κ2) is 4.57. The average molecular weight is 289 g/mol. The van der Waals surface area contributed by atoms with E-state index < -0.39 is 36.5 Å². The molecule has 104 valence electrons. The molecule has 2 rings (SSSR count). The van der Waals surface area contributed by atoms with Crippen LogP contribution in [0.3, 0.4) is 0 Å². The van der Waals surface area contributed by atoms with Crippen molar-refractivity contribution in [2.24, 2.45) is 0 Å². The second-order valence-corrected chi connectivity index (χ2v) is 6.32. The quantitative estimate of drug-likeness (QED) is 0.617. The van der Waals surface area contributed by atoms with Gasteiger partial charge in [0.15, 0.2) is 5.13 Å². The molecule has 0 unspecified atom stereocenters. The van der Waals surface area contributed by atoms with E-state index in [1.807, 2.05) is 27.7 Å². The van der Waals surface area contributed by atoms with Gasteiger partial charge in [0.2, 0.25) is 0 Å². The van der Waals surface area contributed by atoms with Gasteiger partial charge in [-0.05, 0) is 33.8 Å². The van der Waals surface area contributed by atoms with E-state index in [0.29, 0.717) is 11.3 Å². The van der Waals surface area contributed by atoms with Gasteiger partial charge < -0.3 is 14.0 Å². The van der Waals surface area contributed by atoms with Crippen LogP contribution in [0.25, 0.3) is 0 Å². The predicted molar refractivity (Wildman–Crippen MR) is 71.3 cm³/mol. The molecule has 1 fully saturated rings. The Kier molecular flexibility index (Phi) is 2.61. The molecule has 1 aromatic heterocycles. The van der Waals surface area contributed by atoms with Gasteiger partial charge in [-0.2, -0.15) is 4.39 Å². The van der Waals surface area contributed by atoms with Crippen molar-refractivity contribution in [1.82, 2.24) is 0 Å². The summed E-state index contributed by atoms with van der Waals surface area (Å²) in [4.78, 5) is 11.5. The van der Waals surface area contributed by atoms with E-state index in [2.05, 4.69) is 4.74 Å². The molecule has 0 aliphatic carbocycles. The second-order valence-electron chi connectivity index (χ2n) is 5.32. The Hall–Kier alpha value is -0.915.